The number of amides is 1. The lowest BCUT2D eigenvalue weighted by Crippen LogP contribution is -2.48. The number of carbonyl (C=O) groups is 1. The Hall–Kier alpha value is -2.42. The van der Waals surface area contributed by atoms with Crippen LogP contribution in [-0.2, 0) is 24.1 Å². The fourth-order valence-corrected chi connectivity index (χ4v) is 3.14. The van der Waals surface area contributed by atoms with Gasteiger partial charge in [0.2, 0.25) is 5.91 Å². The van der Waals surface area contributed by atoms with Crippen LogP contribution in [0.3, 0.4) is 0 Å². The molecule has 3 heterocycles. The van der Waals surface area contributed by atoms with Crippen LogP contribution in [0.5, 0.6) is 0 Å². The molecule has 9 heteroatoms. The summed E-state index contributed by atoms with van der Waals surface area (Å²) in [5.41, 5.74) is 0.611. The molecule has 0 spiro atoms. The number of pyridine rings is 1. The lowest BCUT2D eigenvalue weighted by Gasteiger charge is -2.34. The van der Waals surface area contributed by atoms with Gasteiger partial charge in [-0.05, 0) is 24.6 Å². The van der Waals surface area contributed by atoms with E-state index in [-0.39, 0.29) is 18.9 Å². The van der Waals surface area contributed by atoms with Gasteiger partial charge in [-0.2, -0.15) is 18.3 Å². The maximum Gasteiger partial charge on any atom is 0.435 e. The molecule has 0 unspecified atom stereocenters. The Balaban J connectivity index is 1.47. The highest BCUT2D eigenvalue weighted by molar-refractivity contribution is 5.76. The smallest absolute Gasteiger partial charge is 0.340 e. The summed E-state index contributed by atoms with van der Waals surface area (Å²) in [7, 11) is 0. The SMILES string of the molecule is Cc1cc(C(F)(F)F)nn1CCC(=O)N1CCN(Cc2cccnc2)CC1. The van der Waals surface area contributed by atoms with Crippen molar-refractivity contribution in [3.05, 3.63) is 47.5 Å². The Morgan fingerprint density at radius 2 is 1.96 bits per heavy atom. The zero-order valence-electron chi connectivity index (χ0n) is 15.1. The Morgan fingerprint density at radius 3 is 2.56 bits per heavy atom. The maximum absolute atomic E-state index is 12.7. The van der Waals surface area contributed by atoms with Gasteiger partial charge < -0.3 is 4.90 Å². The number of halogens is 3. The molecule has 0 radical (unpaired) electrons. The number of hydrogen-bond donors (Lipinski definition) is 0. The summed E-state index contributed by atoms with van der Waals surface area (Å²) < 4.78 is 39.4. The van der Waals surface area contributed by atoms with Crippen LogP contribution in [0.15, 0.2) is 30.6 Å². The summed E-state index contributed by atoms with van der Waals surface area (Å²) in [6.07, 6.45) is -0.759. The van der Waals surface area contributed by atoms with E-state index in [4.69, 9.17) is 0 Å². The number of rotatable bonds is 5. The minimum atomic E-state index is -4.47. The monoisotopic (exact) mass is 381 g/mol. The second-order valence-corrected chi connectivity index (χ2v) is 6.66. The van der Waals surface area contributed by atoms with Crippen molar-refractivity contribution in [3.8, 4) is 0 Å². The van der Waals surface area contributed by atoms with Gasteiger partial charge >= 0.3 is 6.18 Å². The third kappa shape index (κ3) is 5.06. The minimum absolute atomic E-state index is 0.0560. The van der Waals surface area contributed by atoms with Gasteiger partial charge in [0.15, 0.2) is 5.69 Å². The zero-order chi connectivity index (χ0) is 19.4. The van der Waals surface area contributed by atoms with E-state index in [9.17, 15) is 18.0 Å². The molecular formula is C18H22F3N5O. The van der Waals surface area contributed by atoms with Crippen LogP contribution in [0.4, 0.5) is 13.2 Å². The lowest BCUT2D eigenvalue weighted by molar-refractivity contribution is -0.141. The van der Waals surface area contributed by atoms with Crippen LogP contribution in [0.25, 0.3) is 0 Å². The molecule has 1 amide bonds. The van der Waals surface area contributed by atoms with Gasteiger partial charge in [-0.1, -0.05) is 6.07 Å². The summed E-state index contributed by atoms with van der Waals surface area (Å²) in [5.74, 6) is -0.0560. The minimum Gasteiger partial charge on any atom is -0.340 e. The highest BCUT2D eigenvalue weighted by atomic mass is 19.4. The van der Waals surface area contributed by atoms with Gasteiger partial charge in [0, 0.05) is 63.8 Å². The van der Waals surface area contributed by atoms with Gasteiger partial charge in [0.05, 0.1) is 0 Å². The second-order valence-electron chi connectivity index (χ2n) is 6.66. The fourth-order valence-electron chi connectivity index (χ4n) is 3.14. The van der Waals surface area contributed by atoms with Gasteiger partial charge in [-0.25, -0.2) is 0 Å². The molecule has 0 aromatic carbocycles. The van der Waals surface area contributed by atoms with E-state index in [1.54, 1.807) is 18.0 Å². The Kier molecular flexibility index (Phi) is 5.79. The summed E-state index contributed by atoms with van der Waals surface area (Å²) in [6, 6.07) is 4.92. The van der Waals surface area contributed by atoms with Crippen LogP contribution in [0.1, 0.15) is 23.4 Å². The average molecular weight is 381 g/mol. The third-order valence-electron chi connectivity index (χ3n) is 4.66. The molecule has 146 valence electrons. The third-order valence-corrected chi connectivity index (χ3v) is 4.66. The van der Waals surface area contributed by atoms with Crippen molar-refractivity contribution >= 4 is 5.91 Å². The van der Waals surface area contributed by atoms with E-state index in [2.05, 4.69) is 15.0 Å². The molecule has 0 N–H and O–H groups in total. The summed E-state index contributed by atoms with van der Waals surface area (Å²) in [4.78, 5) is 20.5. The Labute approximate surface area is 155 Å². The molecule has 3 rings (SSSR count). The van der Waals surface area contributed by atoms with Crippen molar-refractivity contribution in [2.75, 3.05) is 26.2 Å². The van der Waals surface area contributed by atoms with E-state index in [0.717, 1.165) is 31.3 Å². The van der Waals surface area contributed by atoms with E-state index in [0.29, 0.717) is 18.8 Å². The first-order chi connectivity index (χ1) is 12.8. The van der Waals surface area contributed by atoms with Gasteiger partial charge in [-0.3, -0.25) is 19.4 Å². The molecule has 0 atom stereocenters. The highest BCUT2D eigenvalue weighted by Gasteiger charge is 2.34. The molecule has 0 saturated carbocycles. The van der Waals surface area contributed by atoms with Gasteiger partial charge in [0.1, 0.15) is 0 Å². The average Bonchev–Trinajstić information content (AvgIpc) is 3.02. The topological polar surface area (TPSA) is 54.3 Å². The number of aryl methyl sites for hydroxylation is 2. The molecule has 0 bridgehead atoms. The van der Waals surface area contributed by atoms with E-state index in [1.165, 1.54) is 4.68 Å². The molecule has 0 aliphatic carbocycles. The molecule has 1 aliphatic heterocycles. The van der Waals surface area contributed by atoms with Gasteiger partial charge in [-0.15, -0.1) is 0 Å². The normalized spacial score (nSPS) is 15.9. The van der Waals surface area contributed by atoms with Crippen molar-refractivity contribution in [3.63, 3.8) is 0 Å². The molecule has 2 aromatic heterocycles. The fraction of sp³-hybridized carbons (Fsp3) is 0.500. The summed E-state index contributed by atoms with van der Waals surface area (Å²) in [6.45, 7) is 5.26. The Bertz CT molecular complexity index is 767. The molecule has 1 saturated heterocycles. The number of carbonyl (C=O) groups excluding carboxylic acids is 1. The van der Waals surface area contributed by atoms with Crippen molar-refractivity contribution in [2.45, 2.75) is 32.6 Å². The van der Waals surface area contributed by atoms with Crippen LogP contribution in [0.2, 0.25) is 0 Å². The van der Waals surface area contributed by atoms with Crippen molar-refractivity contribution < 1.29 is 18.0 Å². The number of nitrogens with zero attached hydrogens (tertiary/aromatic N) is 5. The van der Waals surface area contributed by atoms with Crippen molar-refractivity contribution in [2.24, 2.45) is 0 Å². The first-order valence-corrected chi connectivity index (χ1v) is 8.83. The molecule has 6 nitrogen and oxygen atoms in total. The molecule has 2 aromatic rings. The summed E-state index contributed by atoms with van der Waals surface area (Å²) >= 11 is 0. The molecule has 27 heavy (non-hydrogen) atoms. The summed E-state index contributed by atoms with van der Waals surface area (Å²) in [5, 5.41) is 3.56. The van der Waals surface area contributed by atoms with E-state index >= 15 is 0 Å². The maximum atomic E-state index is 12.7. The van der Waals surface area contributed by atoms with Crippen LogP contribution in [0, 0.1) is 6.92 Å². The predicted molar refractivity (Wildman–Crippen MR) is 92.7 cm³/mol. The lowest BCUT2D eigenvalue weighted by atomic mass is 10.2. The van der Waals surface area contributed by atoms with Crippen molar-refractivity contribution in [1.82, 2.24) is 24.6 Å². The van der Waals surface area contributed by atoms with Crippen molar-refractivity contribution in [1.29, 1.82) is 0 Å². The molecule has 1 aliphatic rings. The zero-order valence-corrected chi connectivity index (χ0v) is 15.1. The molecular weight excluding hydrogens is 359 g/mol. The quantitative estimate of drug-likeness (QED) is 0.798. The number of hydrogen-bond acceptors (Lipinski definition) is 4. The second kappa shape index (κ2) is 8.08. The van der Waals surface area contributed by atoms with E-state index in [1.807, 2.05) is 18.3 Å². The van der Waals surface area contributed by atoms with E-state index < -0.39 is 11.9 Å². The number of piperazine rings is 1. The first-order valence-electron chi connectivity index (χ1n) is 8.83. The number of aromatic nitrogens is 3. The van der Waals surface area contributed by atoms with Gasteiger partial charge in [0.25, 0.3) is 0 Å². The molecule has 1 fully saturated rings. The number of alkyl halides is 3. The standard InChI is InChI=1S/C18H22F3N5O/c1-14-11-16(18(19,20)21)23-26(14)6-4-17(27)25-9-7-24(8-10-25)13-15-3-2-5-22-12-15/h2-3,5,11-12H,4,6-10,13H2,1H3. The van der Waals surface area contributed by atoms with Crippen LogP contribution >= 0.6 is 0 Å². The first kappa shape index (κ1) is 19.3. The van der Waals surface area contributed by atoms with Crippen LogP contribution < -0.4 is 0 Å². The Morgan fingerprint density at radius 1 is 1.22 bits per heavy atom. The largest absolute Gasteiger partial charge is 0.435 e. The van der Waals surface area contributed by atoms with Crippen LogP contribution in [-0.4, -0.2) is 56.7 Å². The predicted octanol–water partition coefficient (Wildman–Crippen LogP) is 2.34. The highest BCUT2D eigenvalue weighted by Crippen LogP contribution is 2.28.